The Morgan fingerprint density at radius 2 is 2.17 bits per heavy atom. The number of non-ortho nitro benzene ring substituents is 1. The van der Waals surface area contributed by atoms with Crippen molar-refractivity contribution in [1.29, 1.82) is 0 Å². The molecule has 1 saturated heterocycles. The van der Waals surface area contributed by atoms with Gasteiger partial charge in [-0.05, 0) is 17.5 Å². The highest BCUT2D eigenvalue weighted by atomic mass is 32.1. The van der Waals surface area contributed by atoms with Gasteiger partial charge < -0.3 is 19.3 Å². The van der Waals surface area contributed by atoms with Crippen LogP contribution in [0.2, 0.25) is 0 Å². The summed E-state index contributed by atoms with van der Waals surface area (Å²) in [5, 5.41) is 13.3. The number of rotatable bonds is 5. The number of benzene rings is 1. The number of nitrogens with zero attached hydrogens (tertiary/aromatic N) is 2. The highest BCUT2D eigenvalue weighted by Crippen LogP contribution is 2.33. The number of hydrogen-bond donors (Lipinski definition) is 1. The number of fused-ring (bicyclic) bond motifs is 1. The van der Waals surface area contributed by atoms with Gasteiger partial charge in [-0.3, -0.25) is 14.9 Å². The molecule has 9 heteroatoms. The lowest BCUT2D eigenvalue weighted by molar-refractivity contribution is -0.917. The molecule has 2 aliphatic rings. The lowest BCUT2D eigenvalue weighted by Crippen LogP contribution is -3.13. The Balaban J connectivity index is 1.41. The van der Waals surface area contributed by atoms with Gasteiger partial charge in [0, 0.05) is 29.3 Å². The molecule has 152 valence electrons. The smallest absolute Gasteiger partial charge is 0.270 e. The number of nitro groups is 1. The molecule has 1 aromatic heterocycles. The largest absolute Gasteiger partial charge is 0.467 e. The van der Waals surface area contributed by atoms with Gasteiger partial charge in [0.15, 0.2) is 6.79 Å². The summed E-state index contributed by atoms with van der Waals surface area (Å²) in [6.45, 7) is 4.54. The van der Waals surface area contributed by atoms with E-state index in [0.717, 1.165) is 19.6 Å². The van der Waals surface area contributed by atoms with Crippen LogP contribution in [0.25, 0.3) is 6.08 Å². The minimum Gasteiger partial charge on any atom is -0.467 e. The van der Waals surface area contributed by atoms with Gasteiger partial charge in [0.05, 0.1) is 42.6 Å². The third-order valence-corrected chi connectivity index (χ3v) is 6.00. The first kappa shape index (κ1) is 19.6. The van der Waals surface area contributed by atoms with Gasteiger partial charge in [0.25, 0.3) is 5.69 Å². The molecule has 0 atom stereocenters. The average Bonchev–Trinajstić information content (AvgIpc) is 3.25. The lowest BCUT2D eigenvalue weighted by atomic mass is 10.1. The minimum absolute atomic E-state index is 0.0456. The molecule has 0 saturated carbocycles. The summed E-state index contributed by atoms with van der Waals surface area (Å²) in [6, 6.07) is 7.08. The second-order valence-electron chi connectivity index (χ2n) is 7.06. The second kappa shape index (κ2) is 8.73. The highest BCUT2D eigenvalue weighted by Gasteiger charge is 2.23. The van der Waals surface area contributed by atoms with Crippen molar-refractivity contribution < 1.29 is 24.1 Å². The fourth-order valence-electron chi connectivity index (χ4n) is 3.61. The van der Waals surface area contributed by atoms with Crippen LogP contribution in [0, 0.1) is 10.1 Å². The van der Waals surface area contributed by atoms with Gasteiger partial charge in [0.2, 0.25) is 5.91 Å². The van der Waals surface area contributed by atoms with E-state index in [1.807, 2.05) is 4.90 Å². The summed E-state index contributed by atoms with van der Waals surface area (Å²) < 4.78 is 10.7. The van der Waals surface area contributed by atoms with E-state index >= 15 is 0 Å². The van der Waals surface area contributed by atoms with Crippen molar-refractivity contribution in [2.24, 2.45) is 0 Å². The highest BCUT2D eigenvalue weighted by molar-refractivity contribution is 7.09. The van der Waals surface area contributed by atoms with E-state index in [1.165, 1.54) is 28.0 Å². The van der Waals surface area contributed by atoms with Gasteiger partial charge in [-0.15, -0.1) is 11.3 Å². The van der Waals surface area contributed by atoms with Crippen LogP contribution in [-0.4, -0.2) is 48.7 Å². The minimum atomic E-state index is -0.455. The number of amides is 1. The molecule has 1 N–H and O–H groups in total. The first-order chi connectivity index (χ1) is 14.1. The number of ether oxygens (including phenoxy) is 2. The Morgan fingerprint density at radius 3 is 2.90 bits per heavy atom. The van der Waals surface area contributed by atoms with E-state index in [1.54, 1.807) is 17.4 Å². The van der Waals surface area contributed by atoms with Gasteiger partial charge >= 0.3 is 0 Å². The van der Waals surface area contributed by atoms with Crippen molar-refractivity contribution >= 4 is 29.0 Å². The van der Waals surface area contributed by atoms with Crippen LogP contribution >= 0.6 is 11.3 Å². The van der Waals surface area contributed by atoms with E-state index in [4.69, 9.17) is 9.47 Å². The Kier molecular flexibility index (Phi) is 5.89. The molecule has 2 aromatic rings. The van der Waals surface area contributed by atoms with Crippen molar-refractivity contribution in [3.8, 4) is 5.75 Å². The van der Waals surface area contributed by atoms with E-state index in [2.05, 4.69) is 17.5 Å². The van der Waals surface area contributed by atoms with Crippen molar-refractivity contribution in [3.05, 3.63) is 61.8 Å². The van der Waals surface area contributed by atoms with Crippen molar-refractivity contribution in [2.75, 3.05) is 33.0 Å². The van der Waals surface area contributed by atoms with Gasteiger partial charge in [-0.25, -0.2) is 0 Å². The number of carbonyl (C=O) groups is 1. The van der Waals surface area contributed by atoms with Gasteiger partial charge in [0.1, 0.15) is 12.3 Å². The van der Waals surface area contributed by atoms with Crippen LogP contribution in [0.1, 0.15) is 16.0 Å². The van der Waals surface area contributed by atoms with Crippen molar-refractivity contribution in [3.63, 3.8) is 0 Å². The number of quaternary nitrogens is 1. The topological polar surface area (TPSA) is 86.3 Å². The summed E-state index contributed by atoms with van der Waals surface area (Å²) in [5.74, 6) is 0.448. The molecule has 0 aliphatic carbocycles. The zero-order valence-electron chi connectivity index (χ0n) is 15.8. The Hall–Kier alpha value is -2.75. The maximum Gasteiger partial charge on any atom is 0.270 e. The van der Waals surface area contributed by atoms with E-state index in [9.17, 15) is 14.9 Å². The SMILES string of the molecule is O=C(/C=C/c1cc([N+](=O)[O-])cc2c1OCOC2)N1CC[NH+](Cc2cccs2)CC1. The molecular weight excluding hydrogens is 394 g/mol. The summed E-state index contributed by atoms with van der Waals surface area (Å²) in [5.41, 5.74) is 1.09. The van der Waals surface area contributed by atoms with Gasteiger partial charge in [-0.1, -0.05) is 6.07 Å². The molecule has 4 rings (SSSR count). The molecule has 0 radical (unpaired) electrons. The number of thiophene rings is 1. The maximum absolute atomic E-state index is 12.6. The molecule has 1 amide bonds. The molecule has 29 heavy (non-hydrogen) atoms. The molecule has 0 unspecified atom stereocenters. The zero-order chi connectivity index (χ0) is 20.2. The summed E-state index contributed by atoms with van der Waals surface area (Å²) in [7, 11) is 0. The number of nitrogens with one attached hydrogen (secondary N) is 1. The molecule has 3 heterocycles. The number of carbonyl (C=O) groups excluding carboxylic acids is 1. The summed E-state index contributed by atoms with van der Waals surface area (Å²) in [4.78, 5) is 28.0. The third-order valence-electron chi connectivity index (χ3n) is 5.13. The van der Waals surface area contributed by atoms with Crippen LogP contribution in [0.3, 0.4) is 0 Å². The number of piperazine rings is 1. The van der Waals surface area contributed by atoms with Crippen molar-refractivity contribution in [1.82, 2.24) is 4.90 Å². The molecule has 8 nitrogen and oxygen atoms in total. The molecule has 1 fully saturated rings. The van der Waals surface area contributed by atoms with Crippen LogP contribution in [0.15, 0.2) is 35.7 Å². The molecular formula is C20H22N3O5S+. The summed E-state index contributed by atoms with van der Waals surface area (Å²) in [6.07, 6.45) is 3.08. The normalized spacial score (nSPS) is 17.2. The van der Waals surface area contributed by atoms with Crippen molar-refractivity contribution in [2.45, 2.75) is 13.2 Å². The fourth-order valence-corrected chi connectivity index (χ4v) is 4.38. The molecule has 2 aliphatic heterocycles. The van der Waals surface area contributed by atoms with E-state index in [0.29, 0.717) is 30.0 Å². The quantitative estimate of drug-likeness (QED) is 0.453. The van der Waals surface area contributed by atoms with Gasteiger partial charge in [-0.2, -0.15) is 0 Å². The standard InChI is InChI=1S/C20H21N3O5S/c24-19(22-7-5-21(6-8-22)12-18-2-1-9-29-18)4-3-15-10-17(23(25)26)11-16-13-27-14-28-20(15)16/h1-4,9-11H,5-8,12-14H2/p+1/b4-3+. The van der Waals surface area contributed by atoms with E-state index < -0.39 is 4.92 Å². The van der Waals surface area contributed by atoms with Crippen LogP contribution in [-0.2, 0) is 22.7 Å². The number of hydrogen-bond acceptors (Lipinski definition) is 6. The Labute approximate surface area is 172 Å². The summed E-state index contributed by atoms with van der Waals surface area (Å²) >= 11 is 1.76. The maximum atomic E-state index is 12.6. The average molecular weight is 416 g/mol. The predicted octanol–water partition coefficient (Wildman–Crippen LogP) is 1.46. The zero-order valence-corrected chi connectivity index (χ0v) is 16.7. The van der Waals surface area contributed by atoms with Crippen LogP contribution in [0.5, 0.6) is 5.75 Å². The first-order valence-corrected chi connectivity index (χ1v) is 10.3. The monoisotopic (exact) mass is 416 g/mol. The van der Waals surface area contributed by atoms with Crippen LogP contribution < -0.4 is 9.64 Å². The van der Waals surface area contributed by atoms with E-state index in [-0.39, 0.29) is 25.0 Å². The van der Waals surface area contributed by atoms with Crippen LogP contribution in [0.4, 0.5) is 5.69 Å². The number of nitro benzene ring substituents is 1. The second-order valence-corrected chi connectivity index (χ2v) is 8.09. The lowest BCUT2D eigenvalue weighted by Gasteiger charge is -2.31. The molecule has 0 spiro atoms. The molecule has 0 bridgehead atoms. The Bertz CT molecular complexity index is 920. The Morgan fingerprint density at radius 1 is 1.34 bits per heavy atom. The third kappa shape index (κ3) is 4.64. The fraction of sp³-hybridized carbons (Fsp3) is 0.350. The molecule has 1 aromatic carbocycles. The predicted molar refractivity (Wildman–Crippen MR) is 108 cm³/mol. The first-order valence-electron chi connectivity index (χ1n) is 9.45.